The molecular formula is C22H27NO4S. The second kappa shape index (κ2) is 8.45. The standard InChI is InChI=1S/C22H27NO4S/c1-16-4-6-19(7-5-16)15-27-22(24)20-8-10-21(11-9-20)28(25,26)23-13-17(2)12-18(3)14-23/h4-11,17-18H,12-15H2,1-3H3/t17-,18+. The first-order valence-electron chi connectivity index (χ1n) is 9.58. The number of hydrogen-bond acceptors (Lipinski definition) is 4. The predicted molar refractivity (Wildman–Crippen MR) is 108 cm³/mol. The zero-order valence-corrected chi connectivity index (χ0v) is 17.4. The first-order valence-corrected chi connectivity index (χ1v) is 11.0. The van der Waals surface area contributed by atoms with Gasteiger partial charge in [0.15, 0.2) is 0 Å². The molecule has 1 heterocycles. The Morgan fingerprint density at radius 2 is 1.57 bits per heavy atom. The van der Waals surface area contributed by atoms with Crippen molar-refractivity contribution in [3.05, 3.63) is 65.2 Å². The number of ether oxygens (including phenoxy) is 1. The second-order valence-corrected chi connectivity index (χ2v) is 9.79. The molecule has 0 N–H and O–H groups in total. The Labute approximate surface area is 167 Å². The van der Waals surface area contributed by atoms with Gasteiger partial charge in [0.05, 0.1) is 10.5 Å². The van der Waals surface area contributed by atoms with Gasteiger partial charge in [0.2, 0.25) is 10.0 Å². The Bertz CT molecular complexity index is 910. The summed E-state index contributed by atoms with van der Waals surface area (Å²) in [6.45, 7) is 7.40. The van der Waals surface area contributed by atoms with Crippen LogP contribution in [0.5, 0.6) is 0 Å². The van der Waals surface area contributed by atoms with Gasteiger partial charge in [-0.2, -0.15) is 4.31 Å². The minimum Gasteiger partial charge on any atom is -0.457 e. The Morgan fingerprint density at radius 3 is 2.14 bits per heavy atom. The van der Waals surface area contributed by atoms with E-state index in [4.69, 9.17) is 4.74 Å². The number of carbonyl (C=O) groups is 1. The van der Waals surface area contributed by atoms with E-state index in [1.54, 1.807) is 4.31 Å². The summed E-state index contributed by atoms with van der Waals surface area (Å²) in [5.41, 5.74) is 2.39. The SMILES string of the molecule is Cc1ccc(COC(=O)c2ccc(S(=O)(=O)N3C[C@H](C)C[C@H](C)C3)cc2)cc1. The fourth-order valence-electron chi connectivity index (χ4n) is 3.63. The highest BCUT2D eigenvalue weighted by Gasteiger charge is 2.31. The number of sulfonamides is 1. The van der Waals surface area contributed by atoms with Gasteiger partial charge in [-0.25, -0.2) is 13.2 Å². The molecule has 0 amide bonds. The van der Waals surface area contributed by atoms with E-state index in [0.717, 1.165) is 17.5 Å². The Hall–Kier alpha value is -2.18. The third-order valence-corrected chi connectivity index (χ3v) is 6.90. The van der Waals surface area contributed by atoms with Crippen molar-refractivity contribution in [2.75, 3.05) is 13.1 Å². The summed E-state index contributed by atoms with van der Waals surface area (Å²) in [4.78, 5) is 12.5. The lowest BCUT2D eigenvalue weighted by Crippen LogP contribution is -2.42. The summed E-state index contributed by atoms with van der Waals surface area (Å²) in [6.07, 6.45) is 1.04. The van der Waals surface area contributed by atoms with Crippen molar-refractivity contribution in [2.24, 2.45) is 11.8 Å². The zero-order valence-electron chi connectivity index (χ0n) is 16.6. The zero-order chi connectivity index (χ0) is 20.3. The molecule has 150 valence electrons. The van der Waals surface area contributed by atoms with Crippen LogP contribution < -0.4 is 0 Å². The third-order valence-electron chi connectivity index (χ3n) is 5.05. The van der Waals surface area contributed by atoms with Crippen molar-refractivity contribution >= 4 is 16.0 Å². The van der Waals surface area contributed by atoms with Crippen LogP contribution in [0.1, 0.15) is 41.8 Å². The molecule has 0 saturated carbocycles. The molecule has 2 aromatic carbocycles. The van der Waals surface area contributed by atoms with Gasteiger partial charge in [0, 0.05) is 13.1 Å². The largest absolute Gasteiger partial charge is 0.457 e. The molecule has 2 atom stereocenters. The van der Waals surface area contributed by atoms with E-state index in [-0.39, 0.29) is 11.5 Å². The molecule has 1 fully saturated rings. The average Bonchev–Trinajstić information content (AvgIpc) is 2.66. The number of hydrogen-bond donors (Lipinski definition) is 0. The van der Waals surface area contributed by atoms with E-state index in [1.807, 2.05) is 31.2 Å². The molecule has 6 heteroatoms. The van der Waals surface area contributed by atoms with Gasteiger partial charge in [-0.3, -0.25) is 0 Å². The second-order valence-electron chi connectivity index (χ2n) is 7.85. The fraction of sp³-hybridized carbons (Fsp3) is 0.409. The van der Waals surface area contributed by atoms with Crippen LogP contribution in [0.3, 0.4) is 0 Å². The van der Waals surface area contributed by atoms with Gasteiger partial charge in [-0.15, -0.1) is 0 Å². The monoisotopic (exact) mass is 401 g/mol. The molecule has 0 aromatic heterocycles. The summed E-state index contributed by atoms with van der Waals surface area (Å²) in [7, 11) is -3.55. The van der Waals surface area contributed by atoms with Gasteiger partial charge in [0.25, 0.3) is 0 Å². The fourth-order valence-corrected chi connectivity index (χ4v) is 5.31. The van der Waals surface area contributed by atoms with Crippen LogP contribution >= 0.6 is 0 Å². The molecular weight excluding hydrogens is 374 g/mol. The van der Waals surface area contributed by atoms with Crippen molar-refractivity contribution < 1.29 is 17.9 Å². The van der Waals surface area contributed by atoms with E-state index in [1.165, 1.54) is 24.3 Å². The lowest BCUT2D eigenvalue weighted by atomic mass is 9.94. The van der Waals surface area contributed by atoms with Gasteiger partial charge in [0.1, 0.15) is 6.61 Å². The van der Waals surface area contributed by atoms with E-state index < -0.39 is 16.0 Å². The summed E-state index contributed by atoms with van der Waals surface area (Å²) >= 11 is 0. The van der Waals surface area contributed by atoms with Gasteiger partial charge in [-0.1, -0.05) is 43.7 Å². The Morgan fingerprint density at radius 1 is 1.00 bits per heavy atom. The van der Waals surface area contributed by atoms with Crippen molar-refractivity contribution in [3.8, 4) is 0 Å². The topological polar surface area (TPSA) is 63.7 Å². The van der Waals surface area contributed by atoms with Crippen LogP contribution in [-0.2, 0) is 21.4 Å². The number of nitrogens with zero attached hydrogens (tertiary/aromatic N) is 1. The minimum absolute atomic E-state index is 0.183. The van der Waals surface area contributed by atoms with Crippen molar-refractivity contribution in [3.63, 3.8) is 0 Å². The van der Waals surface area contributed by atoms with E-state index >= 15 is 0 Å². The van der Waals surface area contributed by atoms with Crippen LogP contribution in [0, 0.1) is 18.8 Å². The molecule has 1 aliphatic heterocycles. The van der Waals surface area contributed by atoms with Crippen LogP contribution in [0.25, 0.3) is 0 Å². The van der Waals surface area contributed by atoms with Crippen LogP contribution in [0.4, 0.5) is 0 Å². The molecule has 2 aromatic rings. The Kier molecular flexibility index (Phi) is 6.20. The van der Waals surface area contributed by atoms with Gasteiger partial charge >= 0.3 is 5.97 Å². The lowest BCUT2D eigenvalue weighted by Gasteiger charge is -2.34. The molecule has 3 rings (SSSR count). The molecule has 0 spiro atoms. The molecule has 5 nitrogen and oxygen atoms in total. The minimum atomic E-state index is -3.55. The van der Waals surface area contributed by atoms with Crippen LogP contribution in [0.15, 0.2) is 53.4 Å². The smallest absolute Gasteiger partial charge is 0.338 e. The van der Waals surface area contributed by atoms with Crippen molar-refractivity contribution in [1.82, 2.24) is 4.31 Å². The molecule has 0 bridgehead atoms. The number of benzene rings is 2. The molecule has 1 saturated heterocycles. The maximum absolute atomic E-state index is 12.9. The predicted octanol–water partition coefficient (Wildman–Crippen LogP) is 4.02. The summed E-state index contributed by atoms with van der Waals surface area (Å²) in [5, 5.41) is 0. The number of carbonyl (C=O) groups excluding carboxylic acids is 1. The van der Waals surface area contributed by atoms with E-state index in [2.05, 4.69) is 13.8 Å². The van der Waals surface area contributed by atoms with Crippen LogP contribution in [-0.4, -0.2) is 31.8 Å². The highest BCUT2D eigenvalue weighted by molar-refractivity contribution is 7.89. The average molecular weight is 402 g/mol. The van der Waals surface area contributed by atoms with Gasteiger partial charge < -0.3 is 4.74 Å². The van der Waals surface area contributed by atoms with Crippen LogP contribution in [0.2, 0.25) is 0 Å². The van der Waals surface area contributed by atoms with Gasteiger partial charge in [-0.05, 0) is 55.0 Å². The third kappa shape index (κ3) is 4.80. The number of aryl methyl sites for hydroxylation is 1. The summed E-state index contributed by atoms with van der Waals surface area (Å²) in [5.74, 6) is 0.217. The molecule has 0 unspecified atom stereocenters. The number of esters is 1. The number of piperidine rings is 1. The van der Waals surface area contributed by atoms with E-state index in [9.17, 15) is 13.2 Å². The molecule has 28 heavy (non-hydrogen) atoms. The highest BCUT2D eigenvalue weighted by atomic mass is 32.2. The normalized spacial score (nSPS) is 20.7. The molecule has 0 radical (unpaired) electrons. The quantitative estimate of drug-likeness (QED) is 0.710. The first-order chi connectivity index (χ1) is 13.3. The molecule has 1 aliphatic rings. The summed E-state index contributed by atoms with van der Waals surface area (Å²) in [6, 6.07) is 13.8. The Balaban J connectivity index is 1.66. The maximum atomic E-state index is 12.9. The number of rotatable bonds is 5. The highest BCUT2D eigenvalue weighted by Crippen LogP contribution is 2.26. The van der Waals surface area contributed by atoms with E-state index in [0.29, 0.717) is 30.5 Å². The maximum Gasteiger partial charge on any atom is 0.338 e. The van der Waals surface area contributed by atoms with Crippen molar-refractivity contribution in [2.45, 2.75) is 38.7 Å². The van der Waals surface area contributed by atoms with Crippen molar-refractivity contribution in [1.29, 1.82) is 0 Å². The lowest BCUT2D eigenvalue weighted by molar-refractivity contribution is 0.0472. The first kappa shape index (κ1) is 20.6. The molecule has 0 aliphatic carbocycles. The summed E-state index contributed by atoms with van der Waals surface area (Å²) < 4.78 is 32.7.